The molecule has 194 valence electrons. The smallest absolute Gasteiger partial charge is 0.266 e. The van der Waals surface area contributed by atoms with Crippen LogP contribution in [0.1, 0.15) is 60.3 Å². The summed E-state index contributed by atoms with van der Waals surface area (Å²) in [6, 6.07) is 7.61. The SMILES string of the molecule is C/C=C\C(=C/C)c1ccc(OC)c(CN(C(=O)c2sc3c(F)ccc(F)c3c2Cl)C2CCC(=O)CC2)c1. The number of ether oxygens (including phenoxy) is 1. The summed E-state index contributed by atoms with van der Waals surface area (Å²) in [6.45, 7) is 4.09. The van der Waals surface area contributed by atoms with Crippen molar-refractivity contribution < 1.29 is 23.1 Å². The number of Topliss-reactive ketones (excluding diaryl/α,β-unsaturated/α-hetero) is 1. The van der Waals surface area contributed by atoms with Crippen LogP contribution in [0.2, 0.25) is 5.02 Å². The molecule has 0 atom stereocenters. The van der Waals surface area contributed by atoms with Gasteiger partial charge in [0.25, 0.3) is 5.91 Å². The second-order valence-electron chi connectivity index (χ2n) is 8.95. The normalized spacial score (nSPS) is 15.1. The van der Waals surface area contributed by atoms with Crippen molar-refractivity contribution in [2.45, 2.75) is 52.1 Å². The van der Waals surface area contributed by atoms with Crippen molar-refractivity contribution in [3.63, 3.8) is 0 Å². The first kappa shape index (κ1) is 27.0. The van der Waals surface area contributed by atoms with Crippen LogP contribution in [0.3, 0.4) is 0 Å². The number of allylic oxidation sites excluding steroid dienone is 4. The summed E-state index contributed by atoms with van der Waals surface area (Å²) < 4.78 is 34.6. The van der Waals surface area contributed by atoms with Gasteiger partial charge < -0.3 is 9.64 Å². The van der Waals surface area contributed by atoms with Gasteiger partial charge in [-0.15, -0.1) is 11.3 Å². The van der Waals surface area contributed by atoms with E-state index in [1.54, 1.807) is 12.0 Å². The molecule has 0 spiro atoms. The fraction of sp³-hybridized carbons (Fsp3) is 0.310. The molecule has 0 unspecified atom stereocenters. The van der Waals surface area contributed by atoms with Crippen LogP contribution < -0.4 is 4.74 Å². The van der Waals surface area contributed by atoms with Crippen molar-refractivity contribution in [3.05, 3.63) is 81.2 Å². The maximum atomic E-state index is 14.5. The molecule has 1 aliphatic carbocycles. The van der Waals surface area contributed by atoms with E-state index in [4.69, 9.17) is 16.3 Å². The van der Waals surface area contributed by atoms with Crippen molar-refractivity contribution >= 4 is 50.3 Å². The molecular formula is C29H28ClF2NO3S. The van der Waals surface area contributed by atoms with Gasteiger partial charge in [0.2, 0.25) is 0 Å². The molecule has 1 amide bonds. The van der Waals surface area contributed by atoms with E-state index in [9.17, 15) is 18.4 Å². The number of carbonyl (C=O) groups excluding carboxylic acids is 2. The topological polar surface area (TPSA) is 46.6 Å². The Bertz CT molecular complexity index is 1400. The van der Waals surface area contributed by atoms with Gasteiger partial charge in [-0.1, -0.05) is 35.9 Å². The highest BCUT2D eigenvalue weighted by Gasteiger charge is 2.32. The first-order valence-corrected chi connectivity index (χ1v) is 13.3. The third-order valence-electron chi connectivity index (χ3n) is 6.70. The number of halogens is 3. The van der Waals surface area contributed by atoms with E-state index in [1.165, 1.54) is 0 Å². The number of nitrogens with zero attached hydrogens (tertiary/aromatic N) is 1. The maximum absolute atomic E-state index is 14.5. The van der Waals surface area contributed by atoms with Crippen molar-refractivity contribution in [2.75, 3.05) is 7.11 Å². The maximum Gasteiger partial charge on any atom is 0.266 e. The van der Waals surface area contributed by atoms with E-state index in [-0.39, 0.29) is 38.4 Å². The second kappa shape index (κ2) is 11.6. The Labute approximate surface area is 224 Å². The van der Waals surface area contributed by atoms with Crippen molar-refractivity contribution in [2.24, 2.45) is 0 Å². The minimum Gasteiger partial charge on any atom is -0.496 e. The number of carbonyl (C=O) groups is 2. The average molecular weight is 544 g/mol. The first-order valence-electron chi connectivity index (χ1n) is 12.1. The molecule has 1 saturated carbocycles. The number of fused-ring (bicyclic) bond motifs is 1. The largest absolute Gasteiger partial charge is 0.496 e. The fourth-order valence-corrected chi connectivity index (χ4v) is 6.28. The third kappa shape index (κ3) is 5.48. The number of hydrogen-bond donors (Lipinski definition) is 0. The van der Waals surface area contributed by atoms with Gasteiger partial charge in [-0.25, -0.2) is 8.78 Å². The first-order chi connectivity index (χ1) is 17.8. The van der Waals surface area contributed by atoms with E-state index in [2.05, 4.69) is 0 Å². The summed E-state index contributed by atoms with van der Waals surface area (Å²) in [7, 11) is 1.57. The Morgan fingerprint density at radius 2 is 1.86 bits per heavy atom. The van der Waals surface area contributed by atoms with Gasteiger partial charge in [0.1, 0.15) is 28.0 Å². The Kier molecular flexibility index (Phi) is 8.45. The van der Waals surface area contributed by atoms with Gasteiger partial charge in [0.05, 0.1) is 22.2 Å². The van der Waals surface area contributed by atoms with Crippen LogP contribution in [0.15, 0.2) is 48.6 Å². The summed E-state index contributed by atoms with van der Waals surface area (Å²) >= 11 is 7.33. The van der Waals surface area contributed by atoms with E-state index in [0.717, 1.165) is 40.2 Å². The van der Waals surface area contributed by atoms with Crippen molar-refractivity contribution in [3.8, 4) is 5.75 Å². The van der Waals surface area contributed by atoms with Gasteiger partial charge in [-0.05, 0) is 62.1 Å². The number of amides is 1. The summed E-state index contributed by atoms with van der Waals surface area (Å²) in [4.78, 5) is 27.7. The van der Waals surface area contributed by atoms with Gasteiger partial charge in [-0.2, -0.15) is 0 Å². The molecule has 1 aromatic heterocycles. The fourth-order valence-electron chi connectivity index (χ4n) is 4.77. The van der Waals surface area contributed by atoms with Crippen LogP contribution in [0.5, 0.6) is 5.75 Å². The molecule has 0 saturated heterocycles. The minimum atomic E-state index is -0.677. The van der Waals surface area contributed by atoms with Crippen molar-refractivity contribution in [1.29, 1.82) is 0 Å². The Balaban J connectivity index is 1.79. The van der Waals surface area contributed by atoms with E-state index >= 15 is 0 Å². The van der Waals surface area contributed by atoms with Crippen LogP contribution in [0.4, 0.5) is 8.78 Å². The zero-order valence-electron chi connectivity index (χ0n) is 20.9. The number of methoxy groups -OCH3 is 1. The summed E-state index contributed by atoms with van der Waals surface area (Å²) in [5, 5.41) is -0.179. The Hall–Kier alpha value is -3.03. The number of hydrogen-bond acceptors (Lipinski definition) is 4. The van der Waals surface area contributed by atoms with Crippen LogP contribution in [-0.2, 0) is 11.3 Å². The van der Waals surface area contributed by atoms with Crippen LogP contribution in [0, 0.1) is 11.6 Å². The lowest BCUT2D eigenvalue weighted by molar-refractivity contribution is -0.121. The molecule has 1 heterocycles. The van der Waals surface area contributed by atoms with Crippen LogP contribution in [0.25, 0.3) is 15.7 Å². The monoisotopic (exact) mass is 543 g/mol. The summed E-state index contributed by atoms with van der Waals surface area (Å²) in [5.74, 6) is -0.949. The molecule has 4 rings (SSSR count). The number of ketones is 1. The molecule has 0 bridgehead atoms. The zero-order valence-corrected chi connectivity index (χ0v) is 22.5. The molecule has 3 aromatic rings. The lowest BCUT2D eigenvalue weighted by Crippen LogP contribution is -2.42. The van der Waals surface area contributed by atoms with E-state index < -0.39 is 17.5 Å². The minimum absolute atomic E-state index is 0.00998. The number of benzene rings is 2. The zero-order chi connectivity index (χ0) is 26.7. The molecule has 0 aliphatic heterocycles. The van der Waals surface area contributed by atoms with Gasteiger partial charge in [-0.3, -0.25) is 9.59 Å². The molecule has 1 aliphatic rings. The highest BCUT2D eigenvalue weighted by Crippen LogP contribution is 2.40. The molecule has 0 radical (unpaired) electrons. The molecular weight excluding hydrogens is 516 g/mol. The number of thiophene rings is 1. The third-order valence-corrected chi connectivity index (χ3v) is 8.38. The average Bonchev–Trinajstić information content (AvgIpc) is 3.26. The molecule has 4 nitrogen and oxygen atoms in total. The van der Waals surface area contributed by atoms with Gasteiger partial charge in [0, 0.05) is 31.0 Å². The molecule has 8 heteroatoms. The second-order valence-corrected chi connectivity index (χ2v) is 10.4. The lowest BCUT2D eigenvalue weighted by atomic mass is 9.92. The highest BCUT2D eigenvalue weighted by molar-refractivity contribution is 7.21. The Morgan fingerprint density at radius 3 is 2.49 bits per heavy atom. The molecule has 0 N–H and O–H groups in total. The highest BCUT2D eigenvalue weighted by atomic mass is 35.5. The predicted molar refractivity (Wildman–Crippen MR) is 145 cm³/mol. The lowest BCUT2D eigenvalue weighted by Gasteiger charge is -2.34. The van der Waals surface area contributed by atoms with Gasteiger partial charge >= 0.3 is 0 Å². The van der Waals surface area contributed by atoms with Crippen molar-refractivity contribution in [1.82, 2.24) is 4.90 Å². The summed E-state index contributed by atoms with van der Waals surface area (Å²) in [6.07, 6.45) is 7.73. The van der Waals surface area contributed by atoms with Crippen LogP contribution in [-0.4, -0.2) is 29.7 Å². The quantitative estimate of drug-likeness (QED) is 0.284. The molecule has 2 aromatic carbocycles. The summed E-state index contributed by atoms with van der Waals surface area (Å²) in [5.41, 5.74) is 2.77. The van der Waals surface area contributed by atoms with Crippen LogP contribution >= 0.6 is 22.9 Å². The predicted octanol–water partition coefficient (Wildman–Crippen LogP) is 7.98. The Morgan fingerprint density at radius 1 is 1.16 bits per heavy atom. The standard InChI is InChI=1S/C29H28ClF2NO3S/c1-4-6-17(5-2)18-7-14-24(36-3)19(15-18)16-33(20-8-10-21(34)11-9-20)29(35)28-26(30)25-22(31)12-13-23(32)27(25)37-28/h4-7,12-15,20H,8-11,16H2,1-3H3/b6-4-,17-5+. The number of rotatable bonds is 7. The molecule has 37 heavy (non-hydrogen) atoms. The van der Waals surface area contributed by atoms with E-state index in [0.29, 0.717) is 31.4 Å². The van der Waals surface area contributed by atoms with E-state index in [1.807, 2.05) is 50.3 Å². The molecule has 1 fully saturated rings. The van der Waals surface area contributed by atoms with Gasteiger partial charge in [0.15, 0.2) is 0 Å².